The van der Waals surface area contributed by atoms with Crippen LogP contribution in [-0.2, 0) is 26.8 Å². The van der Waals surface area contributed by atoms with Crippen LogP contribution < -0.4 is 0 Å². The molecule has 0 bridgehead atoms. The van der Waals surface area contributed by atoms with Crippen LogP contribution in [0.2, 0.25) is 16.6 Å². The van der Waals surface area contributed by atoms with Gasteiger partial charge in [-0.25, -0.2) is 0 Å². The van der Waals surface area contributed by atoms with E-state index in [9.17, 15) is 4.57 Å². The fraction of sp³-hybridized carbons (Fsp3) is 0.529. The van der Waals surface area contributed by atoms with Crippen LogP contribution in [0.4, 0.5) is 0 Å². The van der Waals surface area contributed by atoms with Crippen molar-refractivity contribution in [1.82, 2.24) is 0 Å². The molecular weight excluding hydrogens is 515 g/mol. The van der Waals surface area contributed by atoms with Gasteiger partial charge in [-0.2, -0.15) is 0 Å². The maximum Gasteiger partial charge on any atom is 0.346 e. The molecule has 0 saturated carbocycles. The average molecular weight is 567 g/mol. The molecule has 2 aromatic rings. The van der Waals surface area contributed by atoms with Gasteiger partial charge in [-0.15, -0.1) is 5.54 Å². The van der Waals surface area contributed by atoms with E-state index in [1.807, 2.05) is 60.7 Å². The second kappa shape index (κ2) is 17.0. The van der Waals surface area contributed by atoms with Crippen LogP contribution in [0.1, 0.15) is 91.7 Å². The van der Waals surface area contributed by atoms with E-state index in [0.29, 0.717) is 23.0 Å². The van der Waals surface area contributed by atoms with Crippen LogP contribution in [0.15, 0.2) is 72.8 Å². The molecule has 0 aliphatic heterocycles. The molecule has 0 unspecified atom stereocenters. The van der Waals surface area contributed by atoms with Gasteiger partial charge in [-0.05, 0) is 53.4 Å². The molecule has 39 heavy (non-hydrogen) atoms. The number of unbranched alkanes of at least 4 members (excludes halogenated alkanes) is 2. The van der Waals surface area contributed by atoms with Crippen molar-refractivity contribution in [1.29, 1.82) is 0 Å². The summed E-state index contributed by atoms with van der Waals surface area (Å²) in [5, 5.41) is 0. The monoisotopic (exact) mass is 566 g/mol. The minimum absolute atomic E-state index is 0.242. The van der Waals surface area contributed by atoms with Crippen LogP contribution in [0.5, 0.6) is 0 Å². The van der Waals surface area contributed by atoms with Crippen LogP contribution in [0.3, 0.4) is 0 Å². The van der Waals surface area contributed by atoms with Gasteiger partial charge >= 0.3 is 7.60 Å². The highest BCUT2D eigenvalue weighted by atomic mass is 31.2. The minimum atomic E-state index is -3.57. The molecule has 0 saturated heterocycles. The zero-order valence-corrected chi connectivity index (χ0v) is 27.3. The van der Waals surface area contributed by atoms with Crippen LogP contribution >= 0.6 is 7.60 Å². The normalized spacial score (nSPS) is 13.3. The van der Waals surface area contributed by atoms with Crippen molar-refractivity contribution in [3.8, 4) is 11.5 Å². The SMILES string of the molecule is CC/C=C\CCCC[C@H](C#C[Si](C(C)C)(C(C)C)C(C)C)P(=O)(OCc1ccccc1)OCc1ccccc1. The molecule has 1 atom stereocenters. The smallest absolute Gasteiger partial charge is 0.303 e. The molecule has 214 valence electrons. The van der Waals surface area contributed by atoms with Crippen molar-refractivity contribution in [3.05, 3.63) is 83.9 Å². The highest BCUT2D eigenvalue weighted by molar-refractivity contribution is 7.55. The number of hydrogen-bond donors (Lipinski definition) is 0. The fourth-order valence-corrected chi connectivity index (χ4v) is 12.8. The lowest BCUT2D eigenvalue weighted by molar-refractivity contribution is 0.186. The van der Waals surface area contributed by atoms with E-state index >= 15 is 0 Å². The minimum Gasteiger partial charge on any atom is -0.303 e. The zero-order chi connectivity index (χ0) is 28.7. The summed E-state index contributed by atoms with van der Waals surface area (Å²) in [5.41, 5.74) is 6.84. The van der Waals surface area contributed by atoms with Gasteiger partial charge in [-0.3, -0.25) is 4.57 Å². The lowest BCUT2D eigenvalue weighted by Crippen LogP contribution is -2.43. The average Bonchev–Trinajstić information content (AvgIpc) is 2.92. The van der Waals surface area contributed by atoms with Crippen LogP contribution in [-0.4, -0.2) is 13.7 Å². The first-order valence-corrected chi connectivity index (χ1v) is 18.6. The molecule has 5 heteroatoms. The van der Waals surface area contributed by atoms with Gasteiger partial charge in [0.1, 0.15) is 13.7 Å². The van der Waals surface area contributed by atoms with E-state index < -0.39 is 21.3 Å². The molecule has 0 fully saturated rings. The summed E-state index contributed by atoms with van der Waals surface area (Å²) < 4.78 is 27.3. The van der Waals surface area contributed by atoms with Gasteiger partial charge < -0.3 is 9.05 Å². The molecule has 2 rings (SSSR count). The van der Waals surface area contributed by atoms with Crippen LogP contribution in [0, 0.1) is 11.5 Å². The first-order chi connectivity index (χ1) is 18.7. The van der Waals surface area contributed by atoms with Gasteiger partial charge in [0, 0.05) is 0 Å². The Morgan fingerprint density at radius 2 is 1.26 bits per heavy atom. The molecular formula is C34H51O3PSi. The van der Waals surface area contributed by atoms with Crippen molar-refractivity contribution >= 4 is 15.7 Å². The van der Waals surface area contributed by atoms with E-state index in [1.165, 1.54) is 0 Å². The molecule has 3 nitrogen and oxygen atoms in total. The Morgan fingerprint density at radius 1 is 0.769 bits per heavy atom. The summed E-state index contributed by atoms with van der Waals surface area (Å²) in [6.45, 7) is 16.5. The lowest BCUT2D eigenvalue weighted by atomic mass is 10.1. The van der Waals surface area contributed by atoms with Crippen molar-refractivity contribution in [2.24, 2.45) is 0 Å². The molecule has 0 spiro atoms. The third-order valence-electron chi connectivity index (χ3n) is 7.71. The Labute approximate surface area is 240 Å². The zero-order valence-electron chi connectivity index (χ0n) is 25.4. The molecule has 0 amide bonds. The Balaban J connectivity index is 2.46. The Hall–Kier alpha value is -1.89. The quantitative estimate of drug-likeness (QED) is 0.0666. The third kappa shape index (κ3) is 10.2. The second-order valence-electron chi connectivity index (χ2n) is 11.4. The Kier molecular flexibility index (Phi) is 14.6. The van der Waals surface area contributed by atoms with Crippen molar-refractivity contribution in [3.63, 3.8) is 0 Å². The summed E-state index contributed by atoms with van der Waals surface area (Å²) in [5.74, 6) is 3.60. The van der Waals surface area contributed by atoms with Crippen molar-refractivity contribution in [2.45, 2.75) is 116 Å². The molecule has 0 heterocycles. The van der Waals surface area contributed by atoms with E-state index in [4.69, 9.17) is 9.05 Å². The van der Waals surface area contributed by atoms with Gasteiger partial charge in [0.05, 0.1) is 13.2 Å². The predicted molar refractivity (Wildman–Crippen MR) is 171 cm³/mol. The maximum absolute atomic E-state index is 14.7. The summed E-state index contributed by atoms with van der Waals surface area (Å²) in [6, 6.07) is 19.8. The van der Waals surface area contributed by atoms with Gasteiger partial charge in [0.25, 0.3) is 0 Å². The molecule has 0 aliphatic carbocycles. The largest absolute Gasteiger partial charge is 0.346 e. The first-order valence-electron chi connectivity index (χ1n) is 14.8. The molecule has 0 N–H and O–H groups in total. The summed E-state index contributed by atoms with van der Waals surface area (Å²) >= 11 is 0. The highest BCUT2D eigenvalue weighted by Crippen LogP contribution is 2.56. The lowest BCUT2D eigenvalue weighted by Gasteiger charge is -2.38. The maximum atomic E-state index is 14.7. The first kappa shape index (κ1) is 33.3. The number of hydrogen-bond acceptors (Lipinski definition) is 3. The second-order valence-corrected chi connectivity index (χ2v) is 19.2. The van der Waals surface area contributed by atoms with Gasteiger partial charge in [-0.1, -0.05) is 134 Å². The summed E-state index contributed by atoms with van der Waals surface area (Å²) in [7, 11) is -5.58. The van der Waals surface area contributed by atoms with Gasteiger partial charge in [0.15, 0.2) is 0 Å². The van der Waals surface area contributed by atoms with Crippen molar-refractivity contribution in [2.75, 3.05) is 0 Å². The Morgan fingerprint density at radius 3 is 1.69 bits per heavy atom. The van der Waals surface area contributed by atoms with E-state index in [2.05, 4.69) is 72.1 Å². The predicted octanol–water partition coefficient (Wildman–Crippen LogP) is 10.7. The van der Waals surface area contributed by atoms with Crippen molar-refractivity contribution < 1.29 is 13.6 Å². The number of allylic oxidation sites excluding steroid dienone is 2. The molecule has 0 radical (unpaired) electrons. The van der Waals surface area contributed by atoms with E-state index in [1.54, 1.807) is 0 Å². The molecule has 0 aliphatic rings. The Bertz CT molecular complexity index is 1010. The molecule has 2 aromatic carbocycles. The van der Waals surface area contributed by atoms with E-state index in [0.717, 1.165) is 36.8 Å². The standard InChI is InChI=1S/C34H51O3PSi/c1-8-9-10-11-12-19-24-34(25-26-39(29(2)3,30(4)5)31(6)7)38(35,36-27-32-20-15-13-16-21-32)37-28-33-22-17-14-18-23-33/h9-10,13-18,20-23,29-31,34H,8,11-12,19,24,27-28H2,1-7H3/b10-9-/t34-/m1/s1. The summed E-state index contributed by atoms with van der Waals surface area (Å²) in [4.78, 5) is 0. The topological polar surface area (TPSA) is 35.5 Å². The van der Waals surface area contributed by atoms with Crippen LogP contribution in [0.25, 0.3) is 0 Å². The van der Waals surface area contributed by atoms with E-state index in [-0.39, 0.29) is 13.2 Å². The van der Waals surface area contributed by atoms with Gasteiger partial charge in [0.2, 0.25) is 0 Å². The third-order valence-corrected chi connectivity index (χ3v) is 16.1. The number of benzene rings is 2. The fourth-order valence-electron chi connectivity index (χ4n) is 5.53. The molecule has 0 aromatic heterocycles. The number of rotatable bonds is 16. The highest BCUT2D eigenvalue weighted by Gasteiger charge is 2.43. The summed E-state index contributed by atoms with van der Waals surface area (Å²) in [6.07, 6.45) is 9.20.